The number of hydrogen-bond donors (Lipinski definition) is 2. The molecule has 0 bridgehead atoms. The molecule has 3 heterocycles. The van der Waals surface area contributed by atoms with Crippen LogP contribution in [-0.4, -0.2) is 26.8 Å². The Morgan fingerprint density at radius 2 is 2.00 bits per heavy atom. The summed E-state index contributed by atoms with van der Waals surface area (Å²) in [5.41, 5.74) is -1.87. The minimum atomic E-state index is -5.31. The number of furan rings is 1. The van der Waals surface area contributed by atoms with Crippen molar-refractivity contribution in [1.82, 2.24) is 14.5 Å². The first kappa shape index (κ1) is 24.1. The number of ether oxygens (including phenoxy) is 1. The number of nitrogens with zero attached hydrogens (tertiary/aromatic N) is 2. The largest absolute Gasteiger partial charge is 0.573 e. The van der Waals surface area contributed by atoms with Gasteiger partial charge in [-0.25, -0.2) is 18.6 Å². The molecule has 0 unspecified atom stereocenters. The lowest BCUT2D eigenvalue weighted by Gasteiger charge is -2.12. The van der Waals surface area contributed by atoms with Crippen LogP contribution in [0.5, 0.6) is 5.75 Å². The average Bonchev–Trinajstić information content (AvgIpc) is 3.33. The topological polar surface area (TPSA) is 119 Å². The van der Waals surface area contributed by atoms with Gasteiger partial charge >= 0.3 is 12.1 Å². The van der Waals surface area contributed by atoms with Gasteiger partial charge in [-0.05, 0) is 19.1 Å². The summed E-state index contributed by atoms with van der Waals surface area (Å²) in [6.45, 7) is 1.50. The molecule has 2 N–H and O–H groups in total. The Labute approximate surface area is 194 Å². The number of carbonyl (C=O) groups excluding carboxylic acids is 1. The molecule has 0 atom stereocenters. The lowest BCUT2D eigenvalue weighted by molar-refractivity contribution is -0.276. The van der Waals surface area contributed by atoms with Crippen molar-refractivity contribution in [3.05, 3.63) is 61.3 Å². The summed E-state index contributed by atoms with van der Waals surface area (Å²) in [6.07, 6.45) is -5.66. The molecule has 184 valence electrons. The average molecular weight is 516 g/mol. The Balaban J connectivity index is 1.58. The fraction of sp³-hybridized carbons (Fsp3) is 0.200. The smallest absolute Gasteiger partial charge is 0.444 e. The predicted molar refractivity (Wildman–Crippen MR) is 113 cm³/mol. The van der Waals surface area contributed by atoms with Gasteiger partial charge in [0.2, 0.25) is 17.4 Å². The van der Waals surface area contributed by atoms with E-state index in [2.05, 4.69) is 20.0 Å². The zero-order chi connectivity index (χ0) is 25.7. The van der Waals surface area contributed by atoms with E-state index in [9.17, 15) is 36.3 Å². The number of carbonyl (C=O) groups is 1. The van der Waals surface area contributed by atoms with Gasteiger partial charge in [0.1, 0.15) is 11.1 Å². The van der Waals surface area contributed by atoms with Crippen LogP contribution in [0.15, 0.2) is 31.5 Å². The van der Waals surface area contributed by atoms with Gasteiger partial charge in [-0.1, -0.05) is 0 Å². The Morgan fingerprint density at radius 1 is 1.29 bits per heavy atom. The zero-order valence-corrected chi connectivity index (χ0v) is 18.5. The minimum Gasteiger partial charge on any atom is -0.444 e. The number of benzene rings is 1. The quantitative estimate of drug-likeness (QED) is 0.391. The van der Waals surface area contributed by atoms with Crippen LogP contribution in [0.25, 0.3) is 22.4 Å². The molecule has 0 aliphatic heterocycles. The number of thiazole rings is 1. The van der Waals surface area contributed by atoms with E-state index in [1.165, 1.54) is 19.4 Å². The van der Waals surface area contributed by atoms with E-state index in [-0.39, 0.29) is 39.7 Å². The van der Waals surface area contributed by atoms with Gasteiger partial charge in [0.15, 0.2) is 16.8 Å². The van der Waals surface area contributed by atoms with Crippen LogP contribution in [0.3, 0.4) is 0 Å². The molecule has 3 aromatic heterocycles. The number of hydrogen-bond acceptors (Lipinski definition) is 7. The first-order valence-corrected chi connectivity index (χ1v) is 10.4. The summed E-state index contributed by atoms with van der Waals surface area (Å²) in [4.78, 5) is 43.1. The van der Waals surface area contributed by atoms with E-state index < -0.39 is 46.5 Å². The van der Waals surface area contributed by atoms with Crippen molar-refractivity contribution in [1.29, 1.82) is 0 Å². The third-order valence-electron chi connectivity index (χ3n) is 4.88. The fourth-order valence-electron chi connectivity index (χ4n) is 3.27. The van der Waals surface area contributed by atoms with Gasteiger partial charge in [-0.2, -0.15) is 0 Å². The summed E-state index contributed by atoms with van der Waals surface area (Å²) in [5.74, 6) is -5.22. The SMILES string of the molecule is Cc1oc2[nH]c(=O)n(C)c(=O)c2c1CC(=O)Nc1nc(-c2ccc(F)c(OC(F)(F)F)c2F)cs1. The van der Waals surface area contributed by atoms with E-state index in [1.807, 2.05) is 0 Å². The molecule has 35 heavy (non-hydrogen) atoms. The maximum absolute atomic E-state index is 14.5. The minimum absolute atomic E-state index is 0.0187. The van der Waals surface area contributed by atoms with Crippen molar-refractivity contribution in [2.75, 3.05) is 5.32 Å². The molecule has 1 aromatic carbocycles. The molecule has 15 heteroatoms. The summed E-state index contributed by atoms with van der Waals surface area (Å²) in [6, 6.07) is 1.47. The molecule has 0 aliphatic carbocycles. The van der Waals surface area contributed by atoms with Crippen molar-refractivity contribution in [3.63, 3.8) is 0 Å². The van der Waals surface area contributed by atoms with Crippen molar-refractivity contribution >= 4 is 33.5 Å². The fourth-order valence-corrected chi connectivity index (χ4v) is 3.99. The summed E-state index contributed by atoms with van der Waals surface area (Å²) < 4.78 is 75.2. The van der Waals surface area contributed by atoms with E-state index in [0.29, 0.717) is 6.07 Å². The highest BCUT2D eigenvalue weighted by molar-refractivity contribution is 7.14. The van der Waals surface area contributed by atoms with Crippen molar-refractivity contribution in [2.24, 2.45) is 7.05 Å². The second-order valence-corrected chi connectivity index (χ2v) is 8.04. The van der Waals surface area contributed by atoms with Gasteiger partial charge < -0.3 is 14.5 Å². The highest BCUT2D eigenvalue weighted by Crippen LogP contribution is 2.35. The molecule has 0 saturated carbocycles. The van der Waals surface area contributed by atoms with Gasteiger partial charge in [-0.15, -0.1) is 24.5 Å². The van der Waals surface area contributed by atoms with Crippen LogP contribution in [0, 0.1) is 18.6 Å². The number of nitrogens with one attached hydrogen (secondary N) is 2. The molecule has 0 spiro atoms. The number of anilines is 1. The standard InChI is InChI=1S/C20H13F5N4O5S/c1-7-9(13-16(33-7)28-19(32)29(2)17(13)31)5-12(30)27-18-26-11(6-35-18)8-3-4-10(21)15(14(8)22)34-20(23,24)25/h3-4,6H,5H2,1-2H3,(H,28,32)(H,26,27,30). The van der Waals surface area contributed by atoms with Crippen molar-refractivity contribution < 1.29 is 35.9 Å². The normalized spacial score (nSPS) is 11.7. The van der Waals surface area contributed by atoms with Crippen LogP contribution in [-0.2, 0) is 18.3 Å². The molecular weight excluding hydrogens is 503 g/mol. The maximum atomic E-state index is 14.5. The predicted octanol–water partition coefficient (Wildman–Crippen LogP) is 3.61. The molecule has 9 nitrogen and oxygen atoms in total. The Morgan fingerprint density at radius 3 is 2.69 bits per heavy atom. The molecular formula is C20H13F5N4O5S. The van der Waals surface area contributed by atoms with Crippen molar-refractivity contribution in [2.45, 2.75) is 19.7 Å². The summed E-state index contributed by atoms with van der Waals surface area (Å²) in [5, 5.41) is 3.64. The Kier molecular flexibility index (Phi) is 5.96. The summed E-state index contributed by atoms with van der Waals surface area (Å²) >= 11 is 0.829. The van der Waals surface area contributed by atoms with Crippen LogP contribution in [0.2, 0.25) is 0 Å². The van der Waals surface area contributed by atoms with Gasteiger partial charge in [0.05, 0.1) is 12.1 Å². The Hall–Kier alpha value is -4.01. The van der Waals surface area contributed by atoms with E-state index in [1.54, 1.807) is 0 Å². The summed E-state index contributed by atoms with van der Waals surface area (Å²) in [7, 11) is 1.25. The number of alkyl halides is 3. The number of H-pyrrole nitrogens is 1. The highest BCUT2D eigenvalue weighted by Gasteiger charge is 2.35. The number of aromatic amines is 1. The number of aryl methyl sites for hydroxylation is 1. The number of amides is 1. The zero-order valence-electron chi connectivity index (χ0n) is 17.7. The van der Waals surface area contributed by atoms with Crippen LogP contribution >= 0.6 is 11.3 Å². The Bertz CT molecular complexity index is 1580. The third-order valence-corrected chi connectivity index (χ3v) is 5.64. The molecule has 0 fully saturated rings. The van der Waals surface area contributed by atoms with Crippen LogP contribution in [0.1, 0.15) is 11.3 Å². The highest BCUT2D eigenvalue weighted by atomic mass is 32.1. The van der Waals surface area contributed by atoms with Gasteiger partial charge in [0, 0.05) is 23.6 Å². The molecule has 0 saturated heterocycles. The second kappa shape index (κ2) is 8.65. The third kappa shape index (κ3) is 4.66. The van der Waals surface area contributed by atoms with Crippen LogP contribution < -0.4 is 21.3 Å². The molecule has 4 rings (SSSR count). The number of fused-ring (bicyclic) bond motifs is 1. The number of halogens is 5. The van der Waals surface area contributed by atoms with E-state index >= 15 is 0 Å². The van der Waals surface area contributed by atoms with E-state index in [0.717, 1.165) is 22.0 Å². The van der Waals surface area contributed by atoms with Crippen LogP contribution in [0.4, 0.5) is 27.1 Å². The monoisotopic (exact) mass is 516 g/mol. The number of aromatic nitrogens is 3. The van der Waals surface area contributed by atoms with Gasteiger partial charge in [0.25, 0.3) is 5.56 Å². The lowest BCUT2D eigenvalue weighted by atomic mass is 10.1. The molecule has 0 radical (unpaired) electrons. The maximum Gasteiger partial charge on any atom is 0.573 e. The lowest BCUT2D eigenvalue weighted by Crippen LogP contribution is -2.32. The molecule has 4 aromatic rings. The van der Waals surface area contributed by atoms with E-state index in [4.69, 9.17) is 4.42 Å². The first-order chi connectivity index (χ1) is 16.4. The molecule has 1 amide bonds. The van der Waals surface area contributed by atoms with Crippen molar-refractivity contribution in [3.8, 4) is 17.0 Å². The van der Waals surface area contributed by atoms with Gasteiger partial charge in [-0.3, -0.25) is 19.1 Å². The molecule has 0 aliphatic rings. The number of rotatable bonds is 5. The first-order valence-electron chi connectivity index (χ1n) is 9.56. The second-order valence-electron chi connectivity index (χ2n) is 7.18.